The lowest BCUT2D eigenvalue weighted by Gasteiger charge is -2.17. The molecular weight excluding hydrogens is 282 g/mol. The fraction of sp³-hybridized carbons (Fsp3) is 0.118. The smallest absolute Gasteiger partial charge is 0.0743 e. The molecule has 1 aromatic heterocycles. The van der Waals surface area contributed by atoms with Crippen molar-refractivity contribution in [3.05, 3.63) is 65.3 Å². The fourth-order valence-electron chi connectivity index (χ4n) is 2.36. The highest BCUT2D eigenvalue weighted by Gasteiger charge is 2.08. The maximum Gasteiger partial charge on any atom is 0.0743 e. The van der Waals surface area contributed by atoms with E-state index in [2.05, 4.69) is 17.2 Å². The molecule has 0 amide bonds. The minimum Gasteiger partial charge on any atom is -0.399 e. The lowest BCUT2D eigenvalue weighted by molar-refractivity contribution is 0.886. The summed E-state index contributed by atoms with van der Waals surface area (Å²) in [5, 5.41) is 5.32. The standard InChI is InChI=1S/C17H16ClN3/c1-11(12-2-4-13(18)5-3-12)21-16-8-9-20-17-10-14(19)6-7-15(16)17/h2-11H,19H2,1H3,(H,20,21). The summed E-state index contributed by atoms with van der Waals surface area (Å²) in [7, 11) is 0. The highest BCUT2D eigenvalue weighted by Crippen LogP contribution is 2.27. The predicted octanol–water partition coefficient (Wildman–Crippen LogP) is 4.64. The number of fused-ring (bicyclic) bond motifs is 1. The Hall–Kier alpha value is -2.26. The molecule has 3 N–H and O–H groups in total. The van der Waals surface area contributed by atoms with Gasteiger partial charge in [-0.25, -0.2) is 0 Å². The molecule has 1 heterocycles. The van der Waals surface area contributed by atoms with Crippen LogP contribution in [0.15, 0.2) is 54.7 Å². The zero-order valence-corrected chi connectivity index (χ0v) is 12.4. The van der Waals surface area contributed by atoms with Crippen LogP contribution in [0.4, 0.5) is 11.4 Å². The molecule has 2 aromatic carbocycles. The van der Waals surface area contributed by atoms with E-state index in [0.717, 1.165) is 27.3 Å². The molecule has 0 bridgehead atoms. The van der Waals surface area contributed by atoms with Gasteiger partial charge in [-0.05, 0) is 48.9 Å². The Morgan fingerprint density at radius 2 is 1.86 bits per heavy atom. The Kier molecular flexibility index (Phi) is 3.67. The SMILES string of the molecule is CC(Nc1ccnc2cc(N)ccc12)c1ccc(Cl)cc1. The van der Waals surface area contributed by atoms with Crippen LogP contribution >= 0.6 is 11.6 Å². The van der Waals surface area contributed by atoms with Crippen LogP contribution in [-0.2, 0) is 0 Å². The number of nitrogens with zero attached hydrogens (tertiary/aromatic N) is 1. The third-order valence-electron chi connectivity index (χ3n) is 3.51. The Balaban J connectivity index is 1.92. The number of nitrogen functional groups attached to an aromatic ring is 1. The summed E-state index contributed by atoms with van der Waals surface area (Å²) in [5.41, 5.74) is 9.64. The predicted molar refractivity (Wildman–Crippen MR) is 89.6 cm³/mol. The molecule has 1 unspecified atom stereocenters. The lowest BCUT2D eigenvalue weighted by atomic mass is 10.1. The second-order valence-corrected chi connectivity index (χ2v) is 5.49. The van der Waals surface area contributed by atoms with Crippen molar-refractivity contribution in [1.29, 1.82) is 0 Å². The minimum atomic E-state index is 0.172. The molecule has 3 aromatic rings. The first-order valence-corrected chi connectivity index (χ1v) is 7.17. The second kappa shape index (κ2) is 5.62. The van der Waals surface area contributed by atoms with Gasteiger partial charge in [0.25, 0.3) is 0 Å². The van der Waals surface area contributed by atoms with Crippen molar-refractivity contribution in [1.82, 2.24) is 4.98 Å². The first-order valence-electron chi connectivity index (χ1n) is 6.80. The van der Waals surface area contributed by atoms with E-state index in [-0.39, 0.29) is 6.04 Å². The molecule has 0 aliphatic carbocycles. The van der Waals surface area contributed by atoms with Gasteiger partial charge < -0.3 is 11.1 Å². The van der Waals surface area contributed by atoms with Crippen LogP contribution in [0.2, 0.25) is 5.02 Å². The third-order valence-corrected chi connectivity index (χ3v) is 3.76. The quantitative estimate of drug-likeness (QED) is 0.692. The number of nitrogens with one attached hydrogen (secondary N) is 1. The Morgan fingerprint density at radius 3 is 2.62 bits per heavy atom. The van der Waals surface area contributed by atoms with Crippen LogP contribution in [0.25, 0.3) is 10.9 Å². The maximum atomic E-state index is 5.93. The molecule has 0 saturated carbocycles. The van der Waals surface area contributed by atoms with Gasteiger partial charge in [0.15, 0.2) is 0 Å². The summed E-state index contributed by atoms with van der Waals surface area (Å²) in [4.78, 5) is 4.36. The van der Waals surface area contributed by atoms with Crippen molar-refractivity contribution >= 4 is 33.9 Å². The number of nitrogens with two attached hydrogens (primary N) is 1. The molecule has 0 aliphatic heterocycles. The number of hydrogen-bond acceptors (Lipinski definition) is 3. The zero-order valence-electron chi connectivity index (χ0n) is 11.7. The normalized spacial score (nSPS) is 12.3. The summed E-state index contributed by atoms with van der Waals surface area (Å²) in [6.07, 6.45) is 1.79. The molecule has 0 fully saturated rings. The number of benzene rings is 2. The topological polar surface area (TPSA) is 50.9 Å². The van der Waals surface area contributed by atoms with E-state index in [1.165, 1.54) is 5.56 Å². The van der Waals surface area contributed by atoms with E-state index < -0.39 is 0 Å². The van der Waals surface area contributed by atoms with Crippen molar-refractivity contribution in [3.8, 4) is 0 Å². The summed E-state index contributed by atoms with van der Waals surface area (Å²) in [5.74, 6) is 0. The van der Waals surface area contributed by atoms with E-state index in [1.807, 2.05) is 48.5 Å². The van der Waals surface area contributed by atoms with Gasteiger partial charge in [0, 0.05) is 34.0 Å². The number of anilines is 2. The van der Waals surface area contributed by atoms with Crippen molar-refractivity contribution in [2.24, 2.45) is 0 Å². The average molecular weight is 298 g/mol. The summed E-state index contributed by atoms with van der Waals surface area (Å²) in [6, 6.07) is 15.8. The van der Waals surface area contributed by atoms with Gasteiger partial charge in [0.2, 0.25) is 0 Å². The third kappa shape index (κ3) is 2.93. The van der Waals surface area contributed by atoms with E-state index >= 15 is 0 Å². The zero-order chi connectivity index (χ0) is 14.8. The van der Waals surface area contributed by atoms with Crippen LogP contribution in [0.3, 0.4) is 0 Å². The summed E-state index contributed by atoms with van der Waals surface area (Å²) < 4.78 is 0. The number of halogens is 1. The molecular formula is C17H16ClN3. The summed E-state index contributed by atoms with van der Waals surface area (Å²) in [6.45, 7) is 2.12. The fourth-order valence-corrected chi connectivity index (χ4v) is 2.49. The summed E-state index contributed by atoms with van der Waals surface area (Å²) >= 11 is 5.93. The average Bonchev–Trinajstić information content (AvgIpc) is 2.47. The second-order valence-electron chi connectivity index (χ2n) is 5.05. The molecule has 0 spiro atoms. The van der Waals surface area contributed by atoms with E-state index in [4.69, 9.17) is 17.3 Å². The molecule has 106 valence electrons. The minimum absolute atomic E-state index is 0.172. The van der Waals surface area contributed by atoms with Crippen LogP contribution in [-0.4, -0.2) is 4.98 Å². The first-order chi connectivity index (χ1) is 10.1. The first kappa shape index (κ1) is 13.7. The molecule has 3 rings (SSSR count). The lowest BCUT2D eigenvalue weighted by Crippen LogP contribution is -2.07. The van der Waals surface area contributed by atoms with E-state index in [1.54, 1.807) is 6.20 Å². The van der Waals surface area contributed by atoms with Gasteiger partial charge in [0.1, 0.15) is 0 Å². The molecule has 0 aliphatic rings. The van der Waals surface area contributed by atoms with Crippen LogP contribution in [0.1, 0.15) is 18.5 Å². The number of pyridine rings is 1. The van der Waals surface area contributed by atoms with Gasteiger partial charge in [-0.1, -0.05) is 23.7 Å². The van der Waals surface area contributed by atoms with Gasteiger partial charge in [0.05, 0.1) is 5.52 Å². The van der Waals surface area contributed by atoms with Crippen molar-refractivity contribution in [3.63, 3.8) is 0 Å². The van der Waals surface area contributed by atoms with Crippen LogP contribution in [0, 0.1) is 0 Å². The van der Waals surface area contributed by atoms with Gasteiger partial charge in [-0.3, -0.25) is 4.98 Å². The number of aromatic nitrogens is 1. The largest absolute Gasteiger partial charge is 0.399 e. The van der Waals surface area contributed by atoms with E-state index in [9.17, 15) is 0 Å². The van der Waals surface area contributed by atoms with E-state index in [0.29, 0.717) is 0 Å². The van der Waals surface area contributed by atoms with Gasteiger partial charge in [-0.15, -0.1) is 0 Å². The molecule has 0 radical (unpaired) electrons. The van der Waals surface area contributed by atoms with Crippen molar-refractivity contribution in [2.75, 3.05) is 11.1 Å². The Morgan fingerprint density at radius 1 is 1.10 bits per heavy atom. The number of rotatable bonds is 3. The van der Waals surface area contributed by atoms with Gasteiger partial charge >= 0.3 is 0 Å². The molecule has 4 heteroatoms. The highest BCUT2D eigenvalue weighted by molar-refractivity contribution is 6.30. The Bertz CT molecular complexity index is 769. The van der Waals surface area contributed by atoms with Crippen LogP contribution in [0.5, 0.6) is 0 Å². The molecule has 3 nitrogen and oxygen atoms in total. The van der Waals surface area contributed by atoms with Crippen LogP contribution < -0.4 is 11.1 Å². The molecule has 0 saturated heterocycles. The van der Waals surface area contributed by atoms with Crippen molar-refractivity contribution < 1.29 is 0 Å². The maximum absolute atomic E-state index is 5.93. The monoisotopic (exact) mass is 297 g/mol. The highest BCUT2D eigenvalue weighted by atomic mass is 35.5. The Labute approximate surface area is 128 Å². The number of hydrogen-bond donors (Lipinski definition) is 2. The van der Waals surface area contributed by atoms with Gasteiger partial charge in [-0.2, -0.15) is 0 Å². The van der Waals surface area contributed by atoms with Crippen molar-refractivity contribution in [2.45, 2.75) is 13.0 Å². The molecule has 1 atom stereocenters. The molecule has 21 heavy (non-hydrogen) atoms.